The molecule has 0 spiro atoms. The molecule has 0 fully saturated rings. The second kappa shape index (κ2) is 7.28. The Morgan fingerprint density at radius 3 is 2.12 bits per heavy atom. The van der Waals surface area contributed by atoms with Crippen LogP contribution in [0.2, 0.25) is 10.2 Å². The van der Waals surface area contributed by atoms with Crippen LogP contribution in [0, 0.1) is 13.8 Å². The highest BCUT2D eigenvalue weighted by Gasteiger charge is 2.28. The first kappa shape index (κ1) is 18.4. The molecule has 0 atom stereocenters. The Kier molecular flexibility index (Phi) is 5.57. The standard InChI is InChI=1S/C17H17Cl2NO4/c1-8-6-10(22-3)15(23-4)16(24-5)11(8)14(21)12-13(18)9(2)7-20-17(12)19/h6-7H,1-5H3. The Morgan fingerprint density at radius 2 is 1.58 bits per heavy atom. The number of pyridine rings is 1. The van der Waals surface area contributed by atoms with Gasteiger partial charge in [-0.1, -0.05) is 23.2 Å². The van der Waals surface area contributed by atoms with Crippen molar-refractivity contribution in [2.24, 2.45) is 0 Å². The Balaban J connectivity index is 2.78. The van der Waals surface area contributed by atoms with E-state index in [1.54, 1.807) is 19.9 Å². The van der Waals surface area contributed by atoms with Gasteiger partial charge in [0.1, 0.15) is 5.15 Å². The number of aromatic nitrogens is 1. The van der Waals surface area contributed by atoms with Crippen molar-refractivity contribution in [3.63, 3.8) is 0 Å². The number of rotatable bonds is 5. The van der Waals surface area contributed by atoms with Gasteiger partial charge in [-0.05, 0) is 31.0 Å². The molecule has 1 aromatic heterocycles. The number of nitrogens with zero attached hydrogens (tertiary/aromatic N) is 1. The van der Waals surface area contributed by atoms with Crippen LogP contribution in [0.1, 0.15) is 27.0 Å². The van der Waals surface area contributed by atoms with E-state index in [4.69, 9.17) is 37.4 Å². The maximum absolute atomic E-state index is 13.1. The van der Waals surface area contributed by atoms with E-state index in [1.165, 1.54) is 27.5 Å². The van der Waals surface area contributed by atoms with Crippen LogP contribution in [0.3, 0.4) is 0 Å². The summed E-state index contributed by atoms with van der Waals surface area (Å²) >= 11 is 12.4. The van der Waals surface area contributed by atoms with Crippen molar-refractivity contribution in [1.29, 1.82) is 0 Å². The number of benzene rings is 1. The third kappa shape index (κ3) is 3.01. The van der Waals surface area contributed by atoms with Gasteiger partial charge in [-0.15, -0.1) is 0 Å². The van der Waals surface area contributed by atoms with Gasteiger partial charge < -0.3 is 14.2 Å². The van der Waals surface area contributed by atoms with Gasteiger partial charge in [0.15, 0.2) is 11.5 Å². The second-order valence-corrected chi connectivity index (χ2v) is 5.82. The SMILES string of the molecule is COc1cc(C)c(C(=O)c2c(Cl)ncc(C)c2Cl)c(OC)c1OC. The molecule has 0 saturated carbocycles. The highest BCUT2D eigenvalue weighted by Crippen LogP contribution is 2.43. The summed E-state index contributed by atoms with van der Waals surface area (Å²) in [6, 6.07) is 1.69. The molecule has 0 aliphatic rings. The molecule has 0 aliphatic carbocycles. The van der Waals surface area contributed by atoms with Crippen LogP contribution < -0.4 is 14.2 Å². The zero-order chi connectivity index (χ0) is 18.0. The van der Waals surface area contributed by atoms with Crippen molar-refractivity contribution in [3.05, 3.63) is 44.7 Å². The molecule has 2 aromatic rings. The molecule has 0 saturated heterocycles. The Hall–Kier alpha value is -1.98. The zero-order valence-corrected chi connectivity index (χ0v) is 15.5. The van der Waals surface area contributed by atoms with E-state index in [0.717, 1.165) is 0 Å². The molecule has 0 radical (unpaired) electrons. The number of ether oxygens (including phenoxy) is 3. The topological polar surface area (TPSA) is 57.7 Å². The van der Waals surface area contributed by atoms with Crippen LogP contribution in [0.25, 0.3) is 0 Å². The van der Waals surface area contributed by atoms with Crippen LogP contribution in [0.4, 0.5) is 0 Å². The van der Waals surface area contributed by atoms with Gasteiger partial charge in [0.25, 0.3) is 0 Å². The van der Waals surface area contributed by atoms with Gasteiger partial charge in [0.05, 0.1) is 37.5 Å². The number of methoxy groups -OCH3 is 3. The monoisotopic (exact) mass is 369 g/mol. The molecule has 0 bridgehead atoms. The van der Waals surface area contributed by atoms with E-state index in [-0.39, 0.29) is 21.5 Å². The fraction of sp³-hybridized carbons (Fsp3) is 0.294. The predicted octanol–water partition coefficient (Wildman–Crippen LogP) is 4.26. The predicted molar refractivity (Wildman–Crippen MR) is 93.3 cm³/mol. The van der Waals surface area contributed by atoms with E-state index >= 15 is 0 Å². The first-order valence-electron chi connectivity index (χ1n) is 7.02. The van der Waals surface area contributed by atoms with Crippen LogP contribution in [-0.2, 0) is 0 Å². The summed E-state index contributed by atoms with van der Waals surface area (Å²) in [4.78, 5) is 17.1. The van der Waals surface area contributed by atoms with Crippen molar-refractivity contribution < 1.29 is 19.0 Å². The lowest BCUT2D eigenvalue weighted by Crippen LogP contribution is -2.11. The number of carbonyl (C=O) groups is 1. The maximum Gasteiger partial charge on any atom is 0.204 e. The normalized spacial score (nSPS) is 10.5. The largest absolute Gasteiger partial charge is 0.493 e. The third-order valence-corrected chi connectivity index (χ3v) is 4.40. The van der Waals surface area contributed by atoms with Gasteiger partial charge in [-0.25, -0.2) is 4.98 Å². The second-order valence-electron chi connectivity index (χ2n) is 5.09. The van der Waals surface area contributed by atoms with Crippen LogP contribution in [-0.4, -0.2) is 32.1 Å². The molecule has 7 heteroatoms. The van der Waals surface area contributed by atoms with E-state index in [1.807, 2.05) is 0 Å². The molecule has 24 heavy (non-hydrogen) atoms. The fourth-order valence-corrected chi connectivity index (χ4v) is 2.94. The number of halogens is 2. The fourth-order valence-electron chi connectivity index (χ4n) is 2.44. The summed E-state index contributed by atoms with van der Waals surface area (Å²) in [6.07, 6.45) is 1.51. The summed E-state index contributed by atoms with van der Waals surface area (Å²) in [7, 11) is 4.43. The zero-order valence-electron chi connectivity index (χ0n) is 14.0. The molecule has 1 heterocycles. The first-order chi connectivity index (χ1) is 11.4. The summed E-state index contributed by atoms with van der Waals surface area (Å²) in [5.74, 6) is 0.647. The average molecular weight is 370 g/mol. The van der Waals surface area contributed by atoms with Crippen LogP contribution >= 0.6 is 23.2 Å². The minimum absolute atomic E-state index is 0.0341. The number of aryl methyl sites for hydroxylation is 2. The van der Waals surface area contributed by atoms with Crippen molar-refractivity contribution in [2.45, 2.75) is 13.8 Å². The molecule has 0 amide bonds. The van der Waals surface area contributed by atoms with Gasteiger partial charge in [0.2, 0.25) is 11.5 Å². The van der Waals surface area contributed by atoms with Gasteiger partial charge in [0, 0.05) is 6.20 Å². The Bertz CT molecular complexity index is 806. The highest BCUT2D eigenvalue weighted by atomic mass is 35.5. The van der Waals surface area contributed by atoms with Gasteiger partial charge >= 0.3 is 0 Å². The van der Waals surface area contributed by atoms with Gasteiger partial charge in [-0.3, -0.25) is 4.79 Å². The molecule has 1 aromatic carbocycles. The van der Waals surface area contributed by atoms with Crippen molar-refractivity contribution in [3.8, 4) is 17.2 Å². The van der Waals surface area contributed by atoms with Gasteiger partial charge in [-0.2, -0.15) is 0 Å². The summed E-state index contributed by atoms with van der Waals surface area (Å²) in [6.45, 7) is 3.52. The lowest BCUT2D eigenvalue weighted by atomic mass is 9.97. The molecule has 5 nitrogen and oxygen atoms in total. The molecule has 2 rings (SSSR count). The molecular weight excluding hydrogens is 353 g/mol. The Labute approximate surface area is 150 Å². The summed E-state index contributed by atoms with van der Waals surface area (Å²) in [5, 5.41) is 0.295. The van der Waals surface area contributed by atoms with E-state index in [9.17, 15) is 4.79 Å². The molecule has 0 aliphatic heterocycles. The van der Waals surface area contributed by atoms with E-state index < -0.39 is 5.78 Å². The highest BCUT2D eigenvalue weighted by molar-refractivity contribution is 6.41. The average Bonchev–Trinajstić information content (AvgIpc) is 2.56. The summed E-state index contributed by atoms with van der Waals surface area (Å²) < 4.78 is 16.0. The van der Waals surface area contributed by atoms with Crippen molar-refractivity contribution >= 4 is 29.0 Å². The number of ketones is 1. The van der Waals surface area contributed by atoms with Crippen molar-refractivity contribution in [2.75, 3.05) is 21.3 Å². The summed E-state index contributed by atoms with van der Waals surface area (Å²) in [5.41, 5.74) is 1.72. The van der Waals surface area contributed by atoms with Crippen LogP contribution in [0.15, 0.2) is 12.3 Å². The number of hydrogen-bond acceptors (Lipinski definition) is 5. The lowest BCUT2D eigenvalue weighted by molar-refractivity contribution is 0.103. The van der Waals surface area contributed by atoms with E-state index in [0.29, 0.717) is 28.2 Å². The third-order valence-electron chi connectivity index (χ3n) is 3.62. The first-order valence-corrected chi connectivity index (χ1v) is 7.77. The molecule has 0 unspecified atom stereocenters. The number of hydrogen-bond donors (Lipinski definition) is 0. The minimum atomic E-state index is -0.392. The maximum atomic E-state index is 13.1. The molecule has 128 valence electrons. The Morgan fingerprint density at radius 1 is 0.958 bits per heavy atom. The molecule has 0 N–H and O–H groups in total. The lowest BCUT2D eigenvalue weighted by Gasteiger charge is -2.18. The quantitative estimate of drug-likeness (QED) is 0.581. The number of carbonyl (C=O) groups excluding carboxylic acids is 1. The van der Waals surface area contributed by atoms with Crippen LogP contribution in [0.5, 0.6) is 17.2 Å². The minimum Gasteiger partial charge on any atom is -0.493 e. The molecular formula is C17H17Cl2NO4. The van der Waals surface area contributed by atoms with Crippen molar-refractivity contribution in [1.82, 2.24) is 4.98 Å². The smallest absolute Gasteiger partial charge is 0.204 e. The van der Waals surface area contributed by atoms with E-state index in [2.05, 4.69) is 4.98 Å².